The monoisotopic (exact) mass is 356 g/mol. The highest BCUT2D eigenvalue weighted by Gasteiger charge is 2.31. The summed E-state index contributed by atoms with van der Waals surface area (Å²) in [6.07, 6.45) is 5.94. The van der Waals surface area contributed by atoms with Gasteiger partial charge in [-0.2, -0.15) is 5.10 Å². The number of rotatable bonds is 5. The number of nitrogens with zero attached hydrogens (tertiary/aromatic N) is 2. The summed E-state index contributed by atoms with van der Waals surface area (Å²) in [7, 11) is 0. The summed E-state index contributed by atoms with van der Waals surface area (Å²) in [6, 6.07) is 6.91. The van der Waals surface area contributed by atoms with Gasteiger partial charge in [-0.25, -0.2) is 4.39 Å². The Morgan fingerprint density at radius 3 is 2.96 bits per heavy atom. The molecular formula is C20H25FN4O. The maximum atomic E-state index is 13.5. The molecule has 1 aliphatic carbocycles. The number of benzene rings is 1. The van der Waals surface area contributed by atoms with E-state index in [1.165, 1.54) is 6.07 Å². The molecule has 0 unspecified atom stereocenters. The van der Waals surface area contributed by atoms with E-state index in [1.54, 1.807) is 12.1 Å². The Kier molecular flexibility index (Phi) is 5.02. The fraction of sp³-hybridized carbons (Fsp3) is 0.500. The van der Waals surface area contributed by atoms with Gasteiger partial charge in [0.1, 0.15) is 5.82 Å². The second-order valence-electron chi connectivity index (χ2n) is 7.27. The molecule has 6 heteroatoms. The van der Waals surface area contributed by atoms with E-state index in [-0.39, 0.29) is 17.8 Å². The number of carbonyl (C=O) groups excluding carboxylic acids is 1. The molecule has 4 rings (SSSR count). The minimum absolute atomic E-state index is 0.00880. The molecule has 1 fully saturated rings. The first-order valence-electron chi connectivity index (χ1n) is 9.54. The van der Waals surface area contributed by atoms with Crippen molar-refractivity contribution in [2.75, 3.05) is 13.1 Å². The molecule has 5 nitrogen and oxygen atoms in total. The number of hydrogen-bond acceptors (Lipinski definition) is 3. The summed E-state index contributed by atoms with van der Waals surface area (Å²) in [4.78, 5) is 15.3. The lowest BCUT2D eigenvalue weighted by Gasteiger charge is -2.29. The maximum absolute atomic E-state index is 13.5. The summed E-state index contributed by atoms with van der Waals surface area (Å²) in [5, 5.41) is 10.7. The molecule has 2 aromatic rings. The number of hydrogen-bond donors (Lipinski definition) is 2. The van der Waals surface area contributed by atoms with E-state index in [1.807, 2.05) is 11.0 Å². The summed E-state index contributed by atoms with van der Waals surface area (Å²) in [5.41, 5.74) is 3.56. The average molecular weight is 356 g/mol. The fourth-order valence-corrected chi connectivity index (χ4v) is 4.15. The van der Waals surface area contributed by atoms with Crippen molar-refractivity contribution in [2.24, 2.45) is 0 Å². The first-order chi connectivity index (χ1) is 12.7. The van der Waals surface area contributed by atoms with Crippen molar-refractivity contribution in [2.45, 2.75) is 51.1 Å². The SMILES string of the molecule is O=C(c1n[nH]c2c1CNCC2)N(CCc1cccc(F)c1)C1CCCC1. The van der Waals surface area contributed by atoms with Gasteiger partial charge in [0.15, 0.2) is 5.69 Å². The number of carbonyl (C=O) groups is 1. The number of H-pyrrole nitrogens is 1. The van der Waals surface area contributed by atoms with Crippen molar-refractivity contribution in [3.63, 3.8) is 0 Å². The van der Waals surface area contributed by atoms with Crippen molar-refractivity contribution in [3.8, 4) is 0 Å². The molecule has 2 N–H and O–H groups in total. The van der Waals surface area contributed by atoms with E-state index in [0.29, 0.717) is 25.2 Å². The van der Waals surface area contributed by atoms with Crippen LogP contribution in [0.15, 0.2) is 24.3 Å². The van der Waals surface area contributed by atoms with Crippen molar-refractivity contribution >= 4 is 5.91 Å². The highest BCUT2D eigenvalue weighted by atomic mass is 19.1. The van der Waals surface area contributed by atoms with Crippen LogP contribution in [-0.2, 0) is 19.4 Å². The maximum Gasteiger partial charge on any atom is 0.274 e. The second kappa shape index (κ2) is 7.58. The lowest BCUT2D eigenvalue weighted by Crippen LogP contribution is -2.41. The average Bonchev–Trinajstić information content (AvgIpc) is 3.32. The van der Waals surface area contributed by atoms with Crippen molar-refractivity contribution in [1.82, 2.24) is 20.4 Å². The largest absolute Gasteiger partial charge is 0.334 e. The molecule has 1 aliphatic heterocycles. The Balaban J connectivity index is 1.54. The molecule has 138 valence electrons. The van der Waals surface area contributed by atoms with E-state index in [4.69, 9.17) is 0 Å². The third kappa shape index (κ3) is 3.51. The van der Waals surface area contributed by atoms with Crippen molar-refractivity contribution in [3.05, 3.63) is 52.6 Å². The summed E-state index contributed by atoms with van der Waals surface area (Å²) in [6.45, 7) is 2.20. The molecule has 1 amide bonds. The summed E-state index contributed by atoms with van der Waals surface area (Å²) < 4.78 is 13.5. The van der Waals surface area contributed by atoms with Gasteiger partial charge in [0, 0.05) is 43.4 Å². The van der Waals surface area contributed by atoms with E-state index >= 15 is 0 Å². The van der Waals surface area contributed by atoms with Crippen LogP contribution in [0.2, 0.25) is 0 Å². The smallest absolute Gasteiger partial charge is 0.274 e. The van der Waals surface area contributed by atoms with E-state index < -0.39 is 0 Å². The van der Waals surface area contributed by atoms with Gasteiger partial charge in [0.2, 0.25) is 0 Å². The Morgan fingerprint density at radius 1 is 1.31 bits per heavy atom. The minimum Gasteiger partial charge on any atom is -0.334 e. The van der Waals surface area contributed by atoms with Gasteiger partial charge in [-0.05, 0) is 37.0 Å². The zero-order valence-electron chi connectivity index (χ0n) is 14.9. The predicted octanol–water partition coefficient (Wildman–Crippen LogP) is 2.82. The van der Waals surface area contributed by atoms with Crippen LogP contribution in [0.4, 0.5) is 4.39 Å². The standard InChI is InChI=1S/C20H25FN4O/c21-15-5-3-4-14(12-15)9-11-25(16-6-1-2-7-16)20(26)19-17-13-22-10-8-18(17)23-24-19/h3-5,12,16,22H,1-2,6-11,13H2,(H,23,24). The third-order valence-corrected chi connectivity index (χ3v) is 5.57. The molecule has 1 aromatic carbocycles. The van der Waals surface area contributed by atoms with Crippen LogP contribution in [0.25, 0.3) is 0 Å². The Hall–Kier alpha value is -2.21. The van der Waals surface area contributed by atoms with E-state index in [0.717, 1.165) is 55.5 Å². The number of amides is 1. The van der Waals surface area contributed by atoms with Crippen LogP contribution in [0, 0.1) is 5.82 Å². The van der Waals surface area contributed by atoms with Crippen LogP contribution < -0.4 is 5.32 Å². The van der Waals surface area contributed by atoms with E-state index in [9.17, 15) is 9.18 Å². The van der Waals surface area contributed by atoms with Crippen LogP contribution in [0.1, 0.15) is 53.0 Å². The van der Waals surface area contributed by atoms with Gasteiger partial charge in [-0.1, -0.05) is 25.0 Å². The third-order valence-electron chi connectivity index (χ3n) is 5.57. The Bertz CT molecular complexity index is 782. The number of aromatic nitrogens is 2. The summed E-state index contributed by atoms with van der Waals surface area (Å²) >= 11 is 0. The van der Waals surface area contributed by atoms with Gasteiger partial charge in [0.05, 0.1) is 0 Å². The minimum atomic E-state index is -0.228. The number of halogens is 1. The molecule has 0 spiro atoms. The van der Waals surface area contributed by atoms with Gasteiger partial charge >= 0.3 is 0 Å². The van der Waals surface area contributed by atoms with E-state index in [2.05, 4.69) is 15.5 Å². The van der Waals surface area contributed by atoms with Crippen LogP contribution in [-0.4, -0.2) is 40.1 Å². The molecule has 0 radical (unpaired) electrons. The first kappa shape index (κ1) is 17.2. The first-order valence-corrected chi connectivity index (χ1v) is 9.54. The molecule has 2 aliphatic rings. The predicted molar refractivity (Wildman–Crippen MR) is 97.4 cm³/mol. The molecule has 26 heavy (non-hydrogen) atoms. The lowest BCUT2D eigenvalue weighted by atomic mass is 10.0. The number of nitrogens with one attached hydrogen (secondary N) is 2. The van der Waals surface area contributed by atoms with Crippen LogP contribution in [0.3, 0.4) is 0 Å². The zero-order chi connectivity index (χ0) is 17.9. The Morgan fingerprint density at radius 2 is 2.15 bits per heavy atom. The number of fused-ring (bicyclic) bond motifs is 1. The molecular weight excluding hydrogens is 331 g/mol. The highest BCUT2D eigenvalue weighted by molar-refractivity contribution is 5.94. The van der Waals surface area contributed by atoms with Gasteiger partial charge < -0.3 is 10.2 Å². The highest BCUT2D eigenvalue weighted by Crippen LogP contribution is 2.26. The van der Waals surface area contributed by atoms with Gasteiger partial charge in [0.25, 0.3) is 5.91 Å². The molecule has 1 aromatic heterocycles. The van der Waals surface area contributed by atoms with Gasteiger partial charge in [-0.3, -0.25) is 9.89 Å². The fourth-order valence-electron chi connectivity index (χ4n) is 4.15. The van der Waals surface area contributed by atoms with Crippen LogP contribution >= 0.6 is 0 Å². The normalized spacial score (nSPS) is 17.3. The van der Waals surface area contributed by atoms with Crippen LogP contribution in [0.5, 0.6) is 0 Å². The molecule has 0 atom stereocenters. The number of aromatic amines is 1. The molecule has 2 heterocycles. The van der Waals surface area contributed by atoms with Crippen molar-refractivity contribution < 1.29 is 9.18 Å². The molecule has 1 saturated carbocycles. The second-order valence-corrected chi connectivity index (χ2v) is 7.27. The summed E-state index contributed by atoms with van der Waals surface area (Å²) in [5.74, 6) is -0.219. The quantitative estimate of drug-likeness (QED) is 0.866. The zero-order valence-corrected chi connectivity index (χ0v) is 14.9. The molecule has 0 bridgehead atoms. The van der Waals surface area contributed by atoms with Gasteiger partial charge in [-0.15, -0.1) is 0 Å². The topological polar surface area (TPSA) is 61.0 Å². The Labute approximate surface area is 153 Å². The lowest BCUT2D eigenvalue weighted by molar-refractivity contribution is 0.0676. The van der Waals surface area contributed by atoms with Crippen molar-refractivity contribution in [1.29, 1.82) is 0 Å². The molecule has 0 saturated heterocycles.